The molecule has 2 fully saturated rings. The second-order valence-electron chi connectivity index (χ2n) is 3.12. The van der Waals surface area contributed by atoms with Gasteiger partial charge in [0.05, 0.1) is 13.0 Å². The summed E-state index contributed by atoms with van der Waals surface area (Å²) >= 11 is 0. The third-order valence-electron chi connectivity index (χ3n) is 2.00. The van der Waals surface area contributed by atoms with Crippen molar-refractivity contribution < 1.29 is 31.7 Å². The van der Waals surface area contributed by atoms with E-state index in [-0.39, 0.29) is 29.6 Å². The van der Waals surface area contributed by atoms with E-state index < -0.39 is 0 Å². The maximum atomic E-state index is 10.7. The van der Waals surface area contributed by atoms with Crippen molar-refractivity contribution in [2.45, 2.75) is 0 Å². The van der Waals surface area contributed by atoms with Crippen LogP contribution in [0.5, 0.6) is 0 Å². The van der Waals surface area contributed by atoms with Crippen LogP contribution in [0.25, 0.3) is 0 Å². The Morgan fingerprint density at radius 3 is 1.94 bits per heavy atom. The largest absolute Gasteiger partial charge is 2.00 e. The van der Waals surface area contributed by atoms with Gasteiger partial charge in [0.2, 0.25) is 0 Å². The number of methoxy groups -OCH3 is 1. The first-order chi connectivity index (χ1) is 7.77. The normalized spacial score (nSPS) is 20.4. The van der Waals surface area contributed by atoms with E-state index in [4.69, 9.17) is 5.11 Å². The minimum Gasteiger partial charge on any atom is -0.469 e. The second-order valence-corrected chi connectivity index (χ2v) is 3.12. The van der Waals surface area contributed by atoms with E-state index in [1.807, 2.05) is 25.7 Å². The average molecular weight is 274 g/mol. The number of ether oxygens (including phenoxy) is 1. The number of aliphatic hydroxyl groups excluding tert-OH is 1. The van der Waals surface area contributed by atoms with E-state index >= 15 is 0 Å². The first-order valence-electron chi connectivity index (χ1n) is 4.89. The van der Waals surface area contributed by atoms with Crippen LogP contribution in [0.2, 0.25) is 0 Å². The van der Waals surface area contributed by atoms with Gasteiger partial charge in [0, 0.05) is 12.5 Å². The molecule has 2 rings (SSSR count). The molecule has 0 atom stereocenters. The quantitative estimate of drug-likeness (QED) is 0.602. The third-order valence-corrected chi connectivity index (χ3v) is 2.00. The Balaban J connectivity index is 0.000000292. The molecule has 2 saturated carbocycles. The van der Waals surface area contributed by atoms with Gasteiger partial charge in [-0.15, -0.1) is 0 Å². The summed E-state index contributed by atoms with van der Waals surface area (Å²) in [6.45, 7) is 0.160. The summed E-state index contributed by atoms with van der Waals surface area (Å²) in [6.07, 6.45) is 14.6. The molecule has 2 aliphatic rings. The molecule has 0 spiro atoms. The Hall–Kier alpha value is -0.0505. The minimum atomic E-state index is -0.278. The van der Waals surface area contributed by atoms with Gasteiger partial charge >= 0.3 is 23.0 Å². The van der Waals surface area contributed by atoms with Gasteiger partial charge in [-0.3, -0.25) is 4.79 Å². The van der Waals surface area contributed by atoms with E-state index in [0.717, 1.165) is 5.92 Å². The summed E-state index contributed by atoms with van der Waals surface area (Å²) in [6, 6.07) is 0. The molecule has 0 saturated heterocycles. The van der Waals surface area contributed by atoms with Gasteiger partial charge < -0.3 is 9.84 Å². The molecule has 3 nitrogen and oxygen atoms in total. The van der Waals surface area contributed by atoms with E-state index in [1.165, 1.54) is 7.11 Å². The zero-order chi connectivity index (χ0) is 11.8. The van der Waals surface area contributed by atoms with Gasteiger partial charge in [0.15, 0.2) is 0 Å². The molecule has 0 aromatic carbocycles. The SMILES string of the molecule is COC(=O)[C]1[CH][CH][CH][CH]1.OC[C]1[CH][CH][CH][CH]1.[Fe+2]. The van der Waals surface area contributed by atoms with Crippen molar-refractivity contribution >= 4 is 5.97 Å². The van der Waals surface area contributed by atoms with Crippen molar-refractivity contribution in [1.82, 2.24) is 0 Å². The molecule has 0 aliphatic heterocycles. The summed E-state index contributed by atoms with van der Waals surface area (Å²) in [5, 5.41) is 8.43. The first-order valence-corrected chi connectivity index (χ1v) is 4.89. The molecule has 0 bridgehead atoms. The molecule has 0 aromatic heterocycles. The van der Waals surface area contributed by atoms with E-state index in [1.54, 1.807) is 25.7 Å². The van der Waals surface area contributed by atoms with Crippen LogP contribution < -0.4 is 0 Å². The van der Waals surface area contributed by atoms with Crippen molar-refractivity contribution in [3.05, 3.63) is 63.2 Å². The molecule has 0 aromatic rings. The predicted molar refractivity (Wildman–Crippen MR) is 60.0 cm³/mol. The number of carbonyl (C=O) groups excluding carboxylic acids is 1. The molecular weight excluding hydrogens is 260 g/mol. The fourth-order valence-corrected chi connectivity index (χ4v) is 1.15. The van der Waals surface area contributed by atoms with Gasteiger partial charge in [0.1, 0.15) is 0 Å². The van der Waals surface area contributed by atoms with Crippen molar-refractivity contribution in [2.75, 3.05) is 13.7 Å². The Morgan fingerprint density at radius 2 is 1.59 bits per heavy atom. The predicted octanol–water partition coefficient (Wildman–Crippen LogP) is 0.946. The van der Waals surface area contributed by atoms with Crippen LogP contribution in [0, 0.1) is 63.2 Å². The van der Waals surface area contributed by atoms with Crippen LogP contribution in [0.1, 0.15) is 0 Å². The summed E-state index contributed by atoms with van der Waals surface area (Å²) in [4.78, 5) is 10.7. The van der Waals surface area contributed by atoms with Crippen LogP contribution in [0.3, 0.4) is 0 Å². The number of esters is 1. The maximum Gasteiger partial charge on any atom is 2.00 e. The monoisotopic (exact) mass is 274 g/mol. The third kappa shape index (κ3) is 6.44. The molecule has 2 aliphatic carbocycles. The average Bonchev–Trinajstić information content (AvgIpc) is 3.01. The van der Waals surface area contributed by atoms with Crippen molar-refractivity contribution in [3.8, 4) is 0 Å². The topological polar surface area (TPSA) is 46.5 Å². The molecular formula is C13H14FeO3+2. The number of rotatable bonds is 2. The maximum absolute atomic E-state index is 10.7. The molecule has 17 heavy (non-hydrogen) atoms. The molecule has 0 unspecified atom stereocenters. The van der Waals surface area contributed by atoms with E-state index in [9.17, 15) is 4.79 Å². The molecule has 0 amide bonds. The van der Waals surface area contributed by atoms with Crippen LogP contribution in [0.15, 0.2) is 0 Å². The minimum absolute atomic E-state index is 0. The fraction of sp³-hybridized carbons (Fsp3) is 0.154. The Morgan fingerprint density at radius 1 is 1.12 bits per heavy atom. The Labute approximate surface area is 115 Å². The van der Waals surface area contributed by atoms with Crippen LogP contribution >= 0.6 is 0 Å². The van der Waals surface area contributed by atoms with Crippen molar-refractivity contribution in [3.63, 3.8) is 0 Å². The molecule has 1 N–H and O–H groups in total. The molecule has 0 heterocycles. The van der Waals surface area contributed by atoms with Crippen molar-refractivity contribution in [2.24, 2.45) is 0 Å². The van der Waals surface area contributed by atoms with Crippen LogP contribution in [0.4, 0.5) is 0 Å². The fourth-order valence-electron chi connectivity index (χ4n) is 1.15. The summed E-state index contributed by atoms with van der Waals surface area (Å²) in [7, 11) is 1.37. The van der Waals surface area contributed by atoms with Crippen molar-refractivity contribution in [1.29, 1.82) is 0 Å². The van der Waals surface area contributed by atoms with Crippen LogP contribution in [-0.4, -0.2) is 24.8 Å². The van der Waals surface area contributed by atoms with Gasteiger partial charge in [-0.2, -0.15) is 0 Å². The molecule has 10 radical (unpaired) electrons. The van der Waals surface area contributed by atoms with Gasteiger partial charge in [0.25, 0.3) is 0 Å². The summed E-state index contributed by atoms with van der Waals surface area (Å²) in [5.74, 6) is 1.32. The zero-order valence-corrected chi connectivity index (χ0v) is 10.5. The first kappa shape index (κ1) is 16.9. The number of carbonyl (C=O) groups is 1. The van der Waals surface area contributed by atoms with Gasteiger partial charge in [-0.05, 0) is 51.4 Å². The standard InChI is InChI=1S/C7H7O2.C6H7O.Fe/c1-9-7(8)6-4-2-3-5-6;7-5-6-3-1-2-4-6;/h2-5H,1H3;1-4,7H,5H2;/q;;+2. The zero-order valence-electron chi connectivity index (χ0n) is 9.44. The van der Waals surface area contributed by atoms with Gasteiger partial charge in [-0.1, -0.05) is 0 Å². The number of aliphatic hydroxyl groups is 1. The molecule has 4 heteroatoms. The Kier molecular flexibility index (Phi) is 9.90. The van der Waals surface area contributed by atoms with E-state index in [0.29, 0.717) is 5.92 Å². The number of hydrogen-bond donors (Lipinski definition) is 1. The summed E-state index contributed by atoms with van der Waals surface area (Å²) in [5.41, 5.74) is 0. The second kappa shape index (κ2) is 9.93. The number of hydrogen-bond acceptors (Lipinski definition) is 3. The van der Waals surface area contributed by atoms with Gasteiger partial charge in [-0.25, -0.2) is 0 Å². The summed E-state index contributed by atoms with van der Waals surface area (Å²) < 4.78 is 4.46. The van der Waals surface area contributed by atoms with Crippen LogP contribution in [-0.2, 0) is 26.6 Å². The molecule has 90 valence electrons. The Bertz CT molecular complexity index is 197. The van der Waals surface area contributed by atoms with E-state index in [2.05, 4.69) is 4.74 Å². The smallest absolute Gasteiger partial charge is 0.469 e.